The maximum atomic E-state index is 3.52. The predicted molar refractivity (Wildman–Crippen MR) is 63.7 cm³/mol. The fourth-order valence-corrected chi connectivity index (χ4v) is 1.48. The van der Waals surface area contributed by atoms with E-state index >= 15 is 0 Å². The van der Waals surface area contributed by atoms with Crippen molar-refractivity contribution in [1.82, 2.24) is 5.32 Å². The Bertz CT molecular complexity index is 102. The third-order valence-corrected chi connectivity index (χ3v) is 2.04. The maximum Gasteiger partial charge on any atom is 0.00410 e. The topological polar surface area (TPSA) is 12.0 Å². The summed E-state index contributed by atoms with van der Waals surface area (Å²) in [6, 6.07) is 1.31. The van der Waals surface area contributed by atoms with Gasteiger partial charge in [0, 0.05) is 12.1 Å². The normalized spacial score (nSPS) is 13.2. The second-order valence-electron chi connectivity index (χ2n) is 4.55. The van der Waals surface area contributed by atoms with Crippen LogP contribution in [0.15, 0.2) is 0 Å². The molecule has 0 unspecified atom stereocenters. The van der Waals surface area contributed by atoms with Crippen molar-refractivity contribution in [2.75, 3.05) is 0 Å². The predicted octanol–water partition coefficient (Wildman–Crippen LogP) is 3.62. The highest BCUT2D eigenvalue weighted by atomic mass is 35.5. The first-order chi connectivity index (χ1) is 5.52. The van der Waals surface area contributed by atoms with Crippen LogP contribution in [0, 0.1) is 5.92 Å². The van der Waals surface area contributed by atoms with Crippen LogP contribution in [0.25, 0.3) is 0 Å². The van der Waals surface area contributed by atoms with Gasteiger partial charge in [-0.3, -0.25) is 0 Å². The average Bonchev–Trinajstić information content (AvgIpc) is 1.84. The van der Waals surface area contributed by atoms with E-state index in [1.165, 1.54) is 19.3 Å². The van der Waals surface area contributed by atoms with Gasteiger partial charge in [-0.25, -0.2) is 0 Å². The third kappa shape index (κ3) is 12.2. The average molecular weight is 208 g/mol. The molecule has 0 aliphatic heterocycles. The van der Waals surface area contributed by atoms with Crippen LogP contribution in [0.5, 0.6) is 0 Å². The largest absolute Gasteiger partial charge is 0.312 e. The van der Waals surface area contributed by atoms with E-state index < -0.39 is 0 Å². The van der Waals surface area contributed by atoms with E-state index in [1.807, 2.05) is 0 Å². The van der Waals surface area contributed by atoms with E-state index in [4.69, 9.17) is 0 Å². The lowest BCUT2D eigenvalue weighted by atomic mass is 10.0. The molecular formula is C11H26ClN. The molecule has 0 aromatic carbocycles. The van der Waals surface area contributed by atoms with E-state index in [9.17, 15) is 0 Å². The summed E-state index contributed by atoms with van der Waals surface area (Å²) >= 11 is 0. The zero-order valence-corrected chi connectivity index (χ0v) is 10.6. The Labute approximate surface area is 90.1 Å². The Morgan fingerprint density at radius 2 is 1.46 bits per heavy atom. The van der Waals surface area contributed by atoms with Gasteiger partial charge in [-0.15, -0.1) is 12.4 Å². The molecule has 13 heavy (non-hydrogen) atoms. The Hall–Kier alpha value is 0.250. The number of halogens is 1. The maximum absolute atomic E-state index is 3.52. The van der Waals surface area contributed by atoms with Crippen molar-refractivity contribution in [3.8, 4) is 0 Å². The molecular weight excluding hydrogens is 182 g/mol. The molecule has 0 saturated carbocycles. The molecule has 0 rings (SSSR count). The summed E-state index contributed by atoms with van der Waals surface area (Å²) in [4.78, 5) is 0. The molecule has 1 nitrogen and oxygen atoms in total. The van der Waals surface area contributed by atoms with Crippen LogP contribution >= 0.6 is 12.4 Å². The second-order valence-corrected chi connectivity index (χ2v) is 4.55. The summed E-state index contributed by atoms with van der Waals surface area (Å²) in [5.41, 5.74) is 0. The molecule has 0 fully saturated rings. The summed E-state index contributed by atoms with van der Waals surface area (Å²) in [5.74, 6) is 0.858. The second kappa shape index (κ2) is 8.83. The standard InChI is InChI=1S/C11H25N.ClH/c1-9(2)7-6-8-11(5)12-10(3)4;/h9-12H,6-8H2,1-5H3;1H/t11-;/m0./s1. The smallest absolute Gasteiger partial charge is 0.00410 e. The van der Waals surface area contributed by atoms with E-state index in [2.05, 4.69) is 39.9 Å². The van der Waals surface area contributed by atoms with E-state index in [0.717, 1.165) is 5.92 Å². The molecule has 0 aromatic rings. The van der Waals surface area contributed by atoms with Gasteiger partial charge in [0.05, 0.1) is 0 Å². The Kier molecular flexibility index (Phi) is 10.7. The van der Waals surface area contributed by atoms with Crippen molar-refractivity contribution < 1.29 is 0 Å². The Morgan fingerprint density at radius 1 is 0.923 bits per heavy atom. The van der Waals surface area contributed by atoms with Gasteiger partial charge in [-0.05, 0) is 19.3 Å². The first kappa shape index (κ1) is 15.7. The van der Waals surface area contributed by atoms with Gasteiger partial charge in [0.1, 0.15) is 0 Å². The lowest BCUT2D eigenvalue weighted by molar-refractivity contribution is 0.430. The van der Waals surface area contributed by atoms with Gasteiger partial charge < -0.3 is 5.32 Å². The monoisotopic (exact) mass is 207 g/mol. The molecule has 0 spiro atoms. The van der Waals surface area contributed by atoms with Gasteiger partial charge in [0.25, 0.3) is 0 Å². The van der Waals surface area contributed by atoms with E-state index in [-0.39, 0.29) is 12.4 Å². The Morgan fingerprint density at radius 3 is 1.85 bits per heavy atom. The lowest BCUT2D eigenvalue weighted by Crippen LogP contribution is -2.32. The molecule has 0 aliphatic carbocycles. The minimum atomic E-state index is 0. The van der Waals surface area contributed by atoms with E-state index in [0.29, 0.717) is 12.1 Å². The summed E-state index contributed by atoms with van der Waals surface area (Å²) in [6.07, 6.45) is 4.04. The van der Waals surface area contributed by atoms with Crippen molar-refractivity contribution in [3.05, 3.63) is 0 Å². The van der Waals surface area contributed by atoms with Gasteiger partial charge in [0.15, 0.2) is 0 Å². The van der Waals surface area contributed by atoms with Crippen LogP contribution < -0.4 is 5.32 Å². The lowest BCUT2D eigenvalue weighted by Gasteiger charge is -2.16. The number of hydrogen-bond acceptors (Lipinski definition) is 1. The minimum Gasteiger partial charge on any atom is -0.312 e. The SMILES string of the molecule is CC(C)CCC[C@H](C)NC(C)C.Cl. The summed E-state index contributed by atoms with van der Waals surface area (Å²) in [7, 11) is 0. The van der Waals surface area contributed by atoms with Crippen LogP contribution in [-0.2, 0) is 0 Å². The van der Waals surface area contributed by atoms with Gasteiger partial charge in [-0.1, -0.05) is 40.5 Å². The molecule has 2 heteroatoms. The third-order valence-electron chi connectivity index (χ3n) is 2.04. The minimum absolute atomic E-state index is 0. The van der Waals surface area contributed by atoms with Crippen LogP contribution in [0.2, 0.25) is 0 Å². The van der Waals surface area contributed by atoms with E-state index in [1.54, 1.807) is 0 Å². The van der Waals surface area contributed by atoms with Gasteiger partial charge >= 0.3 is 0 Å². The van der Waals surface area contributed by atoms with Crippen molar-refractivity contribution in [3.63, 3.8) is 0 Å². The first-order valence-corrected chi connectivity index (χ1v) is 5.28. The molecule has 0 amide bonds. The van der Waals surface area contributed by atoms with Crippen molar-refractivity contribution in [2.45, 2.75) is 66.0 Å². The van der Waals surface area contributed by atoms with Gasteiger partial charge in [-0.2, -0.15) is 0 Å². The summed E-state index contributed by atoms with van der Waals surface area (Å²) in [5, 5.41) is 3.52. The van der Waals surface area contributed by atoms with Crippen molar-refractivity contribution in [1.29, 1.82) is 0 Å². The van der Waals surface area contributed by atoms with Crippen LogP contribution in [0.4, 0.5) is 0 Å². The highest BCUT2D eigenvalue weighted by molar-refractivity contribution is 5.85. The van der Waals surface area contributed by atoms with Crippen LogP contribution in [0.1, 0.15) is 53.9 Å². The number of rotatable bonds is 6. The number of hydrogen-bond donors (Lipinski definition) is 1. The highest BCUT2D eigenvalue weighted by Gasteiger charge is 2.03. The molecule has 0 radical (unpaired) electrons. The first-order valence-electron chi connectivity index (χ1n) is 5.28. The summed E-state index contributed by atoms with van der Waals surface area (Å²) in [6.45, 7) is 11.3. The fourth-order valence-electron chi connectivity index (χ4n) is 1.48. The molecule has 0 saturated heterocycles. The highest BCUT2D eigenvalue weighted by Crippen LogP contribution is 2.08. The molecule has 82 valence electrons. The van der Waals surface area contributed by atoms with Crippen molar-refractivity contribution >= 4 is 12.4 Å². The fraction of sp³-hybridized carbons (Fsp3) is 1.00. The Balaban J connectivity index is 0. The molecule has 0 bridgehead atoms. The van der Waals surface area contributed by atoms with Crippen LogP contribution in [-0.4, -0.2) is 12.1 Å². The summed E-state index contributed by atoms with van der Waals surface area (Å²) < 4.78 is 0. The zero-order chi connectivity index (χ0) is 9.56. The molecule has 0 aliphatic rings. The molecule has 1 atom stereocenters. The molecule has 1 N–H and O–H groups in total. The molecule has 0 heterocycles. The van der Waals surface area contributed by atoms with Gasteiger partial charge in [0.2, 0.25) is 0 Å². The van der Waals surface area contributed by atoms with Crippen molar-refractivity contribution in [2.24, 2.45) is 5.92 Å². The zero-order valence-electron chi connectivity index (χ0n) is 9.76. The molecule has 0 aromatic heterocycles. The number of nitrogens with one attached hydrogen (secondary N) is 1. The van der Waals surface area contributed by atoms with Crippen LogP contribution in [0.3, 0.4) is 0 Å². The quantitative estimate of drug-likeness (QED) is 0.702.